The zero-order valence-electron chi connectivity index (χ0n) is 21.2. The van der Waals surface area contributed by atoms with Crippen molar-refractivity contribution in [1.82, 2.24) is 29.7 Å². The lowest BCUT2D eigenvalue weighted by Crippen LogP contribution is -2.39. The minimum Gasteiger partial charge on any atom is -0.494 e. The van der Waals surface area contributed by atoms with Crippen molar-refractivity contribution in [1.29, 1.82) is 5.26 Å². The van der Waals surface area contributed by atoms with E-state index < -0.39 is 26.5 Å². The fourth-order valence-electron chi connectivity index (χ4n) is 3.75. The van der Waals surface area contributed by atoms with Crippen LogP contribution in [-0.2, 0) is 21.3 Å². The molecule has 0 amide bonds. The van der Waals surface area contributed by atoms with Gasteiger partial charge in [-0.1, -0.05) is 6.07 Å². The van der Waals surface area contributed by atoms with Crippen molar-refractivity contribution >= 4 is 21.2 Å². The average Bonchev–Trinajstić information content (AvgIpc) is 3.52. The zero-order valence-corrected chi connectivity index (χ0v) is 22.8. The molecular weight excluding hydrogens is 533 g/mol. The number of methoxy groups -OCH3 is 2. The van der Waals surface area contributed by atoms with Gasteiger partial charge in [0.15, 0.2) is 38.0 Å². The largest absolute Gasteiger partial charge is 0.494 e. The Kier molecular flexibility index (Phi) is 7.43. The Balaban J connectivity index is 1.83. The van der Waals surface area contributed by atoms with Gasteiger partial charge in [-0.25, -0.2) is 27.8 Å². The molecule has 0 saturated carbocycles. The maximum Gasteiger partial charge on any atom is 0.197 e. The summed E-state index contributed by atoms with van der Waals surface area (Å²) >= 11 is 1.32. The Morgan fingerprint density at radius 2 is 1.82 bits per heavy atom. The number of alkyl halides is 1. The van der Waals surface area contributed by atoms with Gasteiger partial charge in [-0.15, -0.1) is 21.5 Å². The van der Waals surface area contributed by atoms with Crippen LogP contribution in [0.25, 0.3) is 16.5 Å². The molecule has 38 heavy (non-hydrogen) atoms. The first-order valence-electron chi connectivity index (χ1n) is 11.2. The maximum atomic E-state index is 15.9. The van der Waals surface area contributed by atoms with Crippen molar-refractivity contribution < 1.29 is 22.3 Å². The van der Waals surface area contributed by atoms with Crippen LogP contribution in [0.3, 0.4) is 0 Å². The maximum absolute atomic E-state index is 15.9. The number of aromatic nitrogens is 6. The Morgan fingerprint density at radius 1 is 1.18 bits per heavy atom. The van der Waals surface area contributed by atoms with Gasteiger partial charge < -0.3 is 9.47 Å². The first-order chi connectivity index (χ1) is 18.0. The molecule has 0 aliphatic rings. The summed E-state index contributed by atoms with van der Waals surface area (Å²) in [5.74, 6) is 0.0432. The van der Waals surface area contributed by atoms with E-state index in [-0.39, 0.29) is 23.0 Å². The number of thiazole rings is 1. The van der Waals surface area contributed by atoms with Gasteiger partial charge in [-0.2, -0.15) is 5.26 Å². The van der Waals surface area contributed by atoms with Gasteiger partial charge in [0.25, 0.3) is 0 Å². The molecule has 2 atom stereocenters. The molecule has 198 valence electrons. The molecule has 1 aromatic carbocycles. The number of halogens is 1. The quantitative estimate of drug-likeness (QED) is 0.299. The summed E-state index contributed by atoms with van der Waals surface area (Å²) in [6.07, 6.45) is 2.29. The molecule has 4 aromatic rings. The highest BCUT2D eigenvalue weighted by molar-refractivity contribution is 7.91. The van der Waals surface area contributed by atoms with Gasteiger partial charge in [0.1, 0.15) is 34.3 Å². The fraction of sp³-hybridized carbons (Fsp3) is 0.333. The van der Waals surface area contributed by atoms with Crippen LogP contribution in [0.1, 0.15) is 36.8 Å². The number of rotatable bonds is 9. The van der Waals surface area contributed by atoms with Crippen LogP contribution in [0.5, 0.6) is 11.5 Å². The lowest BCUT2D eigenvalue weighted by atomic mass is 10.0. The topological polar surface area (TPSA) is 146 Å². The highest BCUT2D eigenvalue weighted by atomic mass is 32.2. The monoisotopic (exact) mass is 557 g/mol. The molecule has 0 spiro atoms. The first kappa shape index (κ1) is 27.1. The molecule has 0 bridgehead atoms. The van der Waals surface area contributed by atoms with E-state index in [1.54, 1.807) is 18.2 Å². The summed E-state index contributed by atoms with van der Waals surface area (Å²) in [6, 6.07) is 6.95. The standard InChI is InChI=1S/C24H24FN7O4S2/c1-14-12-37-22(29-14)21-31-30-19(32(21)20-17(35-4)7-6-8-18(20)36-5)13-38(33,34)15(2)24(3,25)23-27-10-16(9-26)11-28-23/h6-8,10-12,15H,13H2,1-5H3/t15-,24-/m1/s1. The Labute approximate surface area is 222 Å². The number of benzene rings is 1. The molecule has 14 heteroatoms. The highest BCUT2D eigenvalue weighted by Gasteiger charge is 2.44. The number of sulfone groups is 1. The normalized spacial score (nSPS) is 13.9. The van der Waals surface area contributed by atoms with E-state index in [1.807, 2.05) is 18.4 Å². The van der Waals surface area contributed by atoms with Crippen molar-refractivity contribution in [2.24, 2.45) is 0 Å². The third kappa shape index (κ3) is 4.94. The Bertz CT molecular complexity index is 1590. The minimum absolute atomic E-state index is 0.0130. The second kappa shape index (κ2) is 10.4. The van der Waals surface area contributed by atoms with Crippen LogP contribution in [0, 0.1) is 18.3 Å². The molecule has 4 rings (SSSR count). The average molecular weight is 558 g/mol. The van der Waals surface area contributed by atoms with E-state index in [1.165, 1.54) is 37.0 Å². The SMILES string of the molecule is COc1cccc(OC)c1-n1c(CS(=O)(=O)[C@H](C)[C@@](C)(F)c2ncc(C#N)cn2)nnc1-c1nc(C)cs1. The summed E-state index contributed by atoms with van der Waals surface area (Å²) in [7, 11) is -1.26. The molecule has 0 unspecified atom stereocenters. The van der Waals surface area contributed by atoms with Gasteiger partial charge in [0.05, 0.1) is 19.8 Å². The smallest absolute Gasteiger partial charge is 0.197 e. The molecule has 0 aliphatic heterocycles. The van der Waals surface area contributed by atoms with Crippen LogP contribution in [0.15, 0.2) is 36.0 Å². The first-order valence-corrected chi connectivity index (χ1v) is 13.8. The van der Waals surface area contributed by atoms with Gasteiger partial charge in [-0.05, 0) is 32.9 Å². The Hall–Kier alpha value is -3.96. The molecule has 0 N–H and O–H groups in total. The summed E-state index contributed by atoms with van der Waals surface area (Å²) in [5, 5.41) is 18.1. The second-order valence-corrected chi connectivity index (χ2v) is 11.7. The molecule has 11 nitrogen and oxygen atoms in total. The number of hydrogen-bond donors (Lipinski definition) is 0. The second-order valence-electron chi connectivity index (χ2n) is 8.51. The number of hydrogen-bond acceptors (Lipinski definition) is 11. The van der Waals surface area contributed by atoms with Crippen LogP contribution in [0.2, 0.25) is 0 Å². The van der Waals surface area contributed by atoms with Crippen LogP contribution in [0.4, 0.5) is 4.39 Å². The molecule has 0 fully saturated rings. The third-order valence-corrected chi connectivity index (χ3v) is 9.15. The highest BCUT2D eigenvalue weighted by Crippen LogP contribution is 2.38. The van der Waals surface area contributed by atoms with Gasteiger partial charge in [-0.3, -0.25) is 4.57 Å². The summed E-state index contributed by atoms with van der Waals surface area (Å²) in [6.45, 7) is 4.16. The molecule has 0 aliphatic carbocycles. The van der Waals surface area contributed by atoms with Crippen LogP contribution < -0.4 is 9.47 Å². The van der Waals surface area contributed by atoms with Crippen LogP contribution >= 0.6 is 11.3 Å². The number of aryl methyl sites for hydroxylation is 1. The molecule has 3 heterocycles. The lowest BCUT2D eigenvalue weighted by molar-refractivity contribution is 0.174. The summed E-state index contributed by atoms with van der Waals surface area (Å²) < 4.78 is 55.7. The lowest BCUT2D eigenvalue weighted by Gasteiger charge is -2.26. The predicted molar refractivity (Wildman–Crippen MR) is 138 cm³/mol. The number of nitrogens with zero attached hydrogens (tertiary/aromatic N) is 7. The summed E-state index contributed by atoms with van der Waals surface area (Å²) in [5.41, 5.74) is -1.20. The van der Waals surface area contributed by atoms with Crippen LogP contribution in [-0.4, -0.2) is 57.6 Å². The van der Waals surface area contributed by atoms with Crippen molar-refractivity contribution in [2.45, 2.75) is 37.4 Å². The van der Waals surface area contributed by atoms with E-state index in [0.29, 0.717) is 22.2 Å². The Morgan fingerprint density at radius 3 is 2.34 bits per heavy atom. The van der Waals surface area contributed by atoms with Crippen molar-refractivity contribution in [3.05, 3.63) is 58.9 Å². The molecular formula is C24H24FN7O4S2. The minimum atomic E-state index is -4.21. The van der Waals surface area contributed by atoms with E-state index in [2.05, 4.69) is 25.1 Å². The van der Waals surface area contributed by atoms with Gasteiger partial charge in [0, 0.05) is 23.5 Å². The van der Waals surface area contributed by atoms with Crippen molar-refractivity contribution in [2.75, 3.05) is 14.2 Å². The molecule has 0 radical (unpaired) electrons. The number of ether oxygens (including phenoxy) is 2. The van der Waals surface area contributed by atoms with E-state index in [9.17, 15) is 8.42 Å². The predicted octanol–water partition coefficient (Wildman–Crippen LogP) is 3.57. The van der Waals surface area contributed by atoms with Gasteiger partial charge >= 0.3 is 0 Å². The van der Waals surface area contributed by atoms with Gasteiger partial charge in [0.2, 0.25) is 0 Å². The van der Waals surface area contributed by atoms with Crippen molar-refractivity contribution in [3.63, 3.8) is 0 Å². The zero-order chi connectivity index (χ0) is 27.7. The van der Waals surface area contributed by atoms with E-state index >= 15 is 4.39 Å². The number of nitriles is 1. The third-order valence-electron chi connectivity index (χ3n) is 6.02. The molecule has 3 aromatic heterocycles. The summed E-state index contributed by atoms with van der Waals surface area (Å²) in [4.78, 5) is 12.2. The molecule has 0 saturated heterocycles. The fourth-order valence-corrected chi connectivity index (χ4v) is 6.10. The van der Waals surface area contributed by atoms with Crippen molar-refractivity contribution in [3.8, 4) is 34.1 Å². The van der Waals surface area contributed by atoms with E-state index in [0.717, 1.165) is 25.0 Å². The van der Waals surface area contributed by atoms with E-state index in [4.69, 9.17) is 14.7 Å². The number of para-hydroxylation sites is 1.